The predicted octanol–water partition coefficient (Wildman–Crippen LogP) is 3.43. The summed E-state index contributed by atoms with van der Waals surface area (Å²) < 4.78 is 5.95. The lowest BCUT2D eigenvalue weighted by Gasteiger charge is -2.19. The minimum absolute atomic E-state index is 0.221. The summed E-state index contributed by atoms with van der Waals surface area (Å²) in [6.07, 6.45) is 3.19. The summed E-state index contributed by atoms with van der Waals surface area (Å²) in [5.74, 6) is 0.535. The number of hydrogen-bond acceptors (Lipinski definition) is 3. The van der Waals surface area contributed by atoms with Gasteiger partial charge in [0.15, 0.2) is 0 Å². The molecule has 2 N–H and O–H groups in total. The minimum Gasteiger partial charge on any atom is -0.373 e. The maximum atomic E-state index is 5.95. The van der Waals surface area contributed by atoms with Gasteiger partial charge in [-0.05, 0) is 23.6 Å². The Kier molecular flexibility index (Phi) is 4.09. The van der Waals surface area contributed by atoms with Crippen molar-refractivity contribution >= 4 is 10.9 Å². The molecule has 0 radical (unpaired) electrons. The van der Waals surface area contributed by atoms with Gasteiger partial charge in [0, 0.05) is 31.0 Å². The van der Waals surface area contributed by atoms with Gasteiger partial charge in [-0.3, -0.25) is 5.10 Å². The van der Waals surface area contributed by atoms with E-state index in [2.05, 4.69) is 64.0 Å². The number of aromatic nitrogens is 2. The van der Waals surface area contributed by atoms with E-state index in [0.29, 0.717) is 5.92 Å². The van der Waals surface area contributed by atoms with Crippen LogP contribution in [0.15, 0.2) is 54.7 Å². The fourth-order valence-electron chi connectivity index (χ4n) is 3.35. The third kappa shape index (κ3) is 3.14. The zero-order valence-corrected chi connectivity index (χ0v) is 13.0. The van der Waals surface area contributed by atoms with Gasteiger partial charge in [0.1, 0.15) is 0 Å². The summed E-state index contributed by atoms with van der Waals surface area (Å²) in [5.41, 5.74) is 3.66. The molecule has 2 aromatic carbocycles. The van der Waals surface area contributed by atoms with Gasteiger partial charge >= 0.3 is 0 Å². The van der Waals surface area contributed by atoms with Crippen LogP contribution >= 0.6 is 0 Å². The molecule has 23 heavy (non-hydrogen) atoms. The molecule has 2 atom stereocenters. The van der Waals surface area contributed by atoms with E-state index in [9.17, 15) is 0 Å². The Morgan fingerprint density at radius 3 is 3.00 bits per heavy atom. The summed E-state index contributed by atoms with van der Waals surface area (Å²) in [4.78, 5) is 0. The van der Waals surface area contributed by atoms with Crippen LogP contribution in [0.2, 0.25) is 0 Å². The van der Waals surface area contributed by atoms with E-state index < -0.39 is 0 Å². The van der Waals surface area contributed by atoms with Gasteiger partial charge in [0.25, 0.3) is 0 Å². The Labute approximate surface area is 135 Å². The first-order chi connectivity index (χ1) is 11.4. The Balaban J connectivity index is 1.36. The molecule has 0 saturated carbocycles. The predicted molar refractivity (Wildman–Crippen MR) is 91.0 cm³/mol. The number of fused-ring (bicyclic) bond motifs is 1. The molecule has 1 aromatic heterocycles. The van der Waals surface area contributed by atoms with Gasteiger partial charge in [0.2, 0.25) is 0 Å². The molecule has 0 spiro atoms. The van der Waals surface area contributed by atoms with Crippen LogP contribution in [-0.2, 0) is 11.3 Å². The smallest absolute Gasteiger partial charge is 0.0866 e. The molecule has 1 fully saturated rings. The number of aromatic amines is 1. The molecule has 1 aliphatic heterocycles. The van der Waals surface area contributed by atoms with E-state index in [1.165, 1.54) is 11.1 Å². The van der Waals surface area contributed by atoms with Crippen molar-refractivity contribution < 1.29 is 4.74 Å². The van der Waals surface area contributed by atoms with Gasteiger partial charge in [0.05, 0.1) is 17.8 Å². The second-order valence-corrected chi connectivity index (χ2v) is 6.17. The fraction of sp³-hybridized carbons (Fsp3) is 0.316. The van der Waals surface area contributed by atoms with Crippen molar-refractivity contribution in [2.24, 2.45) is 5.92 Å². The molecule has 1 saturated heterocycles. The first-order valence-electron chi connectivity index (χ1n) is 8.19. The lowest BCUT2D eigenvalue weighted by molar-refractivity contribution is 0.0904. The Morgan fingerprint density at radius 1 is 1.17 bits per heavy atom. The van der Waals surface area contributed by atoms with Crippen molar-refractivity contribution in [1.82, 2.24) is 15.5 Å². The van der Waals surface area contributed by atoms with E-state index >= 15 is 0 Å². The van der Waals surface area contributed by atoms with Gasteiger partial charge in [-0.2, -0.15) is 5.10 Å². The molecule has 4 heteroatoms. The molecule has 1 aliphatic rings. The summed E-state index contributed by atoms with van der Waals surface area (Å²) in [6, 6.07) is 17.0. The maximum Gasteiger partial charge on any atom is 0.0866 e. The average molecular weight is 307 g/mol. The monoisotopic (exact) mass is 307 g/mol. The highest BCUT2D eigenvalue weighted by atomic mass is 16.5. The molecule has 0 bridgehead atoms. The number of benzene rings is 2. The first-order valence-corrected chi connectivity index (χ1v) is 8.19. The number of hydrogen-bond donors (Lipinski definition) is 2. The van der Waals surface area contributed by atoms with Crippen LogP contribution in [0.3, 0.4) is 0 Å². The molecular formula is C19H21N3O. The van der Waals surface area contributed by atoms with Gasteiger partial charge in [-0.1, -0.05) is 42.5 Å². The third-order valence-electron chi connectivity index (χ3n) is 4.58. The summed E-state index contributed by atoms with van der Waals surface area (Å²) in [5, 5.41) is 11.8. The van der Waals surface area contributed by atoms with Crippen molar-refractivity contribution in [1.29, 1.82) is 0 Å². The number of rotatable bonds is 5. The second kappa shape index (κ2) is 6.52. The normalized spacial score (nSPS) is 21.0. The Bertz CT molecular complexity index is 768. The number of ether oxygens (including phenoxy) is 1. The lowest BCUT2D eigenvalue weighted by Crippen LogP contribution is -2.24. The van der Waals surface area contributed by atoms with Crippen molar-refractivity contribution in [2.75, 3.05) is 13.2 Å². The molecule has 4 rings (SSSR count). The molecule has 0 amide bonds. The van der Waals surface area contributed by atoms with Crippen LogP contribution in [0, 0.1) is 5.92 Å². The lowest BCUT2D eigenvalue weighted by atomic mass is 9.95. The van der Waals surface area contributed by atoms with Crippen molar-refractivity contribution in [3.05, 3.63) is 65.9 Å². The van der Waals surface area contributed by atoms with Crippen LogP contribution < -0.4 is 5.32 Å². The minimum atomic E-state index is 0.221. The topological polar surface area (TPSA) is 49.9 Å². The van der Waals surface area contributed by atoms with Crippen molar-refractivity contribution in [3.8, 4) is 0 Å². The first kappa shape index (κ1) is 14.4. The van der Waals surface area contributed by atoms with E-state index in [1.54, 1.807) is 0 Å². The second-order valence-electron chi connectivity index (χ2n) is 6.17. The Morgan fingerprint density at radius 2 is 2.09 bits per heavy atom. The largest absolute Gasteiger partial charge is 0.373 e. The van der Waals surface area contributed by atoms with Crippen LogP contribution in [0.25, 0.3) is 10.9 Å². The van der Waals surface area contributed by atoms with E-state index in [-0.39, 0.29) is 6.10 Å². The van der Waals surface area contributed by atoms with Gasteiger partial charge in [-0.15, -0.1) is 0 Å². The summed E-state index contributed by atoms with van der Waals surface area (Å²) in [6.45, 7) is 2.69. The van der Waals surface area contributed by atoms with Gasteiger partial charge in [-0.25, -0.2) is 0 Å². The van der Waals surface area contributed by atoms with E-state index in [4.69, 9.17) is 4.74 Å². The van der Waals surface area contributed by atoms with Crippen molar-refractivity contribution in [3.63, 3.8) is 0 Å². The summed E-state index contributed by atoms with van der Waals surface area (Å²) >= 11 is 0. The van der Waals surface area contributed by atoms with E-state index in [1.807, 2.05) is 6.20 Å². The SMILES string of the molecule is c1ccc([C@H]2OCC[C@@H]2CNCc2ccc3cn[nH]c3c2)cc1. The molecule has 0 aliphatic carbocycles. The molecule has 118 valence electrons. The van der Waals surface area contributed by atoms with Gasteiger partial charge < -0.3 is 10.1 Å². The average Bonchev–Trinajstić information content (AvgIpc) is 3.24. The molecule has 2 heterocycles. The number of nitrogens with zero attached hydrogens (tertiary/aromatic N) is 1. The van der Waals surface area contributed by atoms with Crippen molar-refractivity contribution in [2.45, 2.75) is 19.1 Å². The van der Waals surface area contributed by atoms with E-state index in [0.717, 1.165) is 37.0 Å². The molecule has 3 aromatic rings. The van der Waals surface area contributed by atoms with Crippen LogP contribution in [0.1, 0.15) is 23.7 Å². The molecule has 4 nitrogen and oxygen atoms in total. The fourth-order valence-corrected chi connectivity index (χ4v) is 3.35. The standard InChI is InChI=1S/C19H21N3O/c1-2-4-15(5-3-1)19-17(8-9-23-19)12-20-11-14-6-7-16-13-21-22-18(16)10-14/h1-7,10,13,17,19-20H,8-9,11-12H2,(H,21,22)/t17-,19-/m1/s1. The van der Waals surface area contributed by atoms with Crippen LogP contribution in [-0.4, -0.2) is 23.3 Å². The summed E-state index contributed by atoms with van der Waals surface area (Å²) in [7, 11) is 0. The highest BCUT2D eigenvalue weighted by Gasteiger charge is 2.28. The van der Waals surface area contributed by atoms with Crippen LogP contribution in [0.5, 0.6) is 0 Å². The molecule has 0 unspecified atom stereocenters. The number of H-pyrrole nitrogens is 1. The highest BCUT2D eigenvalue weighted by molar-refractivity contribution is 5.78. The molecular weight excluding hydrogens is 286 g/mol. The maximum absolute atomic E-state index is 5.95. The zero-order valence-electron chi connectivity index (χ0n) is 13.0. The third-order valence-corrected chi connectivity index (χ3v) is 4.58. The quantitative estimate of drug-likeness (QED) is 0.759. The zero-order chi connectivity index (χ0) is 15.5. The van der Waals surface area contributed by atoms with Crippen LogP contribution in [0.4, 0.5) is 0 Å². The number of nitrogens with one attached hydrogen (secondary N) is 2. The highest BCUT2D eigenvalue weighted by Crippen LogP contribution is 2.33. The Hall–Kier alpha value is -2.17.